The Labute approximate surface area is 119 Å². The van der Waals surface area contributed by atoms with Crippen molar-refractivity contribution in [2.75, 3.05) is 0 Å². The molecule has 0 aliphatic rings. The zero-order valence-corrected chi connectivity index (χ0v) is 12.2. The van der Waals surface area contributed by atoms with E-state index in [0.717, 1.165) is 17.0 Å². The van der Waals surface area contributed by atoms with Crippen LogP contribution < -0.4 is 5.32 Å². The minimum absolute atomic E-state index is 0.0460. The highest BCUT2D eigenvalue weighted by molar-refractivity contribution is 6.28. The molecule has 2 aromatic rings. The summed E-state index contributed by atoms with van der Waals surface area (Å²) in [5.41, 5.74) is 2.84. The number of nitrogens with zero attached hydrogens (tertiary/aromatic N) is 2. The largest absolute Gasteiger partial charge is 0.306 e. The number of benzene rings is 1. The Hall–Kier alpha value is -1.45. The first kappa shape index (κ1) is 14.0. The standard InChI is InChI=1S/C15H18ClN3/c1-15(2,3)17-10-12-9-13(19-14(16)18-12)11-7-5-4-6-8-11/h4-9,17H,10H2,1-3H3. The predicted octanol–water partition coefficient (Wildman–Crippen LogP) is 3.69. The molecule has 19 heavy (non-hydrogen) atoms. The first-order chi connectivity index (χ1) is 8.94. The van der Waals surface area contributed by atoms with E-state index in [0.29, 0.717) is 6.54 Å². The molecule has 0 saturated carbocycles. The van der Waals surface area contributed by atoms with Crippen molar-refractivity contribution in [1.82, 2.24) is 15.3 Å². The van der Waals surface area contributed by atoms with Gasteiger partial charge in [0.05, 0.1) is 11.4 Å². The van der Waals surface area contributed by atoms with Gasteiger partial charge in [0, 0.05) is 17.6 Å². The third-order valence-electron chi connectivity index (χ3n) is 2.62. The first-order valence-corrected chi connectivity index (χ1v) is 6.66. The molecule has 1 aromatic carbocycles. The number of aromatic nitrogens is 2. The monoisotopic (exact) mass is 275 g/mol. The lowest BCUT2D eigenvalue weighted by Gasteiger charge is -2.20. The molecular weight excluding hydrogens is 258 g/mol. The Morgan fingerprint density at radius 2 is 1.79 bits per heavy atom. The van der Waals surface area contributed by atoms with Crippen LogP contribution in [0.15, 0.2) is 36.4 Å². The molecule has 0 spiro atoms. The second kappa shape index (κ2) is 5.68. The van der Waals surface area contributed by atoms with Crippen LogP contribution in [0.2, 0.25) is 5.28 Å². The van der Waals surface area contributed by atoms with Crippen LogP contribution in [0.3, 0.4) is 0 Å². The molecule has 4 heteroatoms. The van der Waals surface area contributed by atoms with E-state index in [9.17, 15) is 0 Å². The summed E-state index contributed by atoms with van der Waals surface area (Å²) in [6, 6.07) is 11.9. The number of hydrogen-bond donors (Lipinski definition) is 1. The van der Waals surface area contributed by atoms with E-state index < -0.39 is 0 Å². The fourth-order valence-corrected chi connectivity index (χ4v) is 1.87. The average molecular weight is 276 g/mol. The minimum Gasteiger partial charge on any atom is -0.306 e. The van der Waals surface area contributed by atoms with Crippen LogP contribution in [0, 0.1) is 0 Å². The lowest BCUT2D eigenvalue weighted by molar-refractivity contribution is 0.421. The molecule has 1 aromatic heterocycles. The quantitative estimate of drug-likeness (QED) is 0.868. The van der Waals surface area contributed by atoms with E-state index >= 15 is 0 Å². The second-order valence-corrected chi connectivity index (χ2v) is 5.82. The van der Waals surface area contributed by atoms with Gasteiger partial charge in [-0.2, -0.15) is 0 Å². The maximum atomic E-state index is 6.00. The zero-order valence-electron chi connectivity index (χ0n) is 11.4. The molecule has 0 bridgehead atoms. The van der Waals surface area contributed by atoms with E-state index in [-0.39, 0.29) is 10.8 Å². The second-order valence-electron chi connectivity index (χ2n) is 5.48. The van der Waals surface area contributed by atoms with Crippen molar-refractivity contribution in [3.05, 3.63) is 47.4 Å². The zero-order chi connectivity index (χ0) is 13.9. The Bertz CT molecular complexity index is 547. The van der Waals surface area contributed by atoms with Crippen LogP contribution in [-0.2, 0) is 6.54 Å². The predicted molar refractivity (Wildman–Crippen MR) is 79.1 cm³/mol. The third-order valence-corrected chi connectivity index (χ3v) is 2.79. The maximum absolute atomic E-state index is 6.00. The van der Waals surface area contributed by atoms with Gasteiger partial charge in [-0.25, -0.2) is 9.97 Å². The average Bonchev–Trinajstić information content (AvgIpc) is 2.36. The summed E-state index contributed by atoms with van der Waals surface area (Å²) in [5, 5.41) is 3.68. The lowest BCUT2D eigenvalue weighted by atomic mass is 10.1. The molecule has 0 radical (unpaired) electrons. The summed E-state index contributed by atoms with van der Waals surface area (Å²) in [6.07, 6.45) is 0. The molecule has 0 saturated heterocycles. The number of hydrogen-bond acceptors (Lipinski definition) is 3. The summed E-state index contributed by atoms with van der Waals surface area (Å²) in [7, 11) is 0. The highest BCUT2D eigenvalue weighted by Gasteiger charge is 2.10. The molecule has 0 fully saturated rings. The highest BCUT2D eigenvalue weighted by atomic mass is 35.5. The van der Waals surface area contributed by atoms with E-state index in [4.69, 9.17) is 11.6 Å². The van der Waals surface area contributed by atoms with Crippen molar-refractivity contribution in [1.29, 1.82) is 0 Å². The van der Waals surface area contributed by atoms with Crippen molar-refractivity contribution >= 4 is 11.6 Å². The Balaban J connectivity index is 2.25. The van der Waals surface area contributed by atoms with E-state index in [1.807, 2.05) is 36.4 Å². The van der Waals surface area contributed by atoms with Gasteiger partial charge in [0.1, 0.15) is 0 Å². The van der Waals surface area contributed by atoms with Crippen molar-refractivity contribution in [3.8, 4) is 11.3 Å². The fourth-order valence-electron chi connectivity index (χ4n) is 1.67. The first-order valence-electron chi connectivity index (χ1n) is 6.28. The van der Waals surface area contributed by atoms with Crippen LogP contribution in [0.1, 0.15) is 26.5 Å². The summed E-state index contributed by atoms with van der Waals surface area (Å²) < 4.78 is 0. The molecule has 0 atom stereocenters. The molecule has 0 aliphatic carbocycles. The summed E-state index contributed by atoms with van der Waals surface area (Å²) in [6.45, 7) is 7.03. The van der Waals surface area contributed by atoms with E-state index in [1.54, 1.807) is 0 Å². The van der Waals surface area contributed by atoms with Crippen molar-refractivity contribution in [2.24, 2.45) is 0 Å². The minimum atomic E-state index is 0.0460. The van der Waals surface area contributed by atoms with Gasteiger partial charge >= 0.3 is 0 Å². The Morgan fingerprint density at radius 3 is 2.42 bits per heavy atom. The van der Waals surface area contributed by atoms with Crippen LogP contribution in [0.4, 0.5) is 0 Å². The molecular formula is C15H18ClN3. The Kier molecular flexibility index (Phi) is 4.17. The highest BCUT2D eigenvalue weighted by Crippen LogP contribution is 2.19. The van der Waals surface area contributed by atoms with Gasteiger partial charge in [-0.3, -0.25) is 0 Å². The van der Waals surface area contributed by atoms with Gasteiger partial charge in [0.25, 0.3) is 0 Å². The molecule has 1 N–H and O–H groups in total. The van der Waals surface area contributed by atoms with E-state index in [1.165, 1.54) is 0 Å². The van der Waals surface area contributed by atoms with Gasteiger partial charge < -0.3 is 5.32 Å². The molecule has 1 heterocycles. The fraction of sp³-hybridized carbons (Fsp3) is 0.333. The summed E-state index contributed by atoms with van der Waals surface area (Å²) in [4.78, 5) is 8.53. The van der Waals surface area contributed by atoms with Crippen LogP contribution >= 0.6 is 11.6 Å². The van der Waals surface area contributed by atoms with Crippen molar-refractivity contribution in [2.45, 2.75) is 32.9 Å². The molecule has 2 rings (SSSR count). The Morgan fingerprint density at radius 1 is 1.11 bits per heavy atom. The van der Waals surface area contributed by atoms with Crippen LogP contribution in [0.25, 0.3) is 11.3 Å². The van der Waals surface area contributed by atoms with Gasteiger partial charge in [0.2, 0.25) is 5.28 Å². The topological polar surface area (TPSA) is 37.8 Å². The van der Waals surface area contributed by atoms with Gasteiger partial charge in [-0.05, 0) is 38.4 Å². The van der Waals surface area contributed by atoms with Crippen molar-refractivity contribution < 1.29 is 0 Å². The molecule has 100 valence electrons. The molecule has 3 nitrogen and oxygen atoms in total. The number of rotatable bonds is 3. The van der Waals surface area contributed by atoms with Gasteiger partial charge in [-0.1, -0.05) is 30.3 Å². The summed E-state index contributed by atoms with van der Waals surface area (Å²) >= 11 is 6.00. The van der Waals surface area contributed by atoms with Gasteiger partial charge in [0.15, 0.2) is 0 Å². The van der Waals surface area contributed by atoms with Crippen LogP contribution in [0.5, 0.6) is 0 Å². The van der Waals surface area contributed by atoms with Gasteiger partial charge in [-0.15, -0.1) is 0 Å². The van der Waals surface area contributed by atoms with Crippen LogP contribution in [-0.4, -0.2) is 15.5 Å². The molecule has 0 amide bonds. The number of halogens is 1. The number of nitrogens with one attached hydrogen (secondary N) is 1. The summed E-state index contributed by atoms with van der Waals surface area (Å²) in [5.74, 6) is 0. The SMILES string of the molecule is CC(C)(C)NCc1cc(-c2ccccc2)nc(Cl)n1. The van der Waals surface area contributed by atoms with Crippen molar-refractivity contribution in [3.63, 3.8) is 0 Å². The van der Waals surface area contributed by atoms with E-state index in [2.05, 4.69) is 36.1 Å². The third kappa shape index (κ3) is 4.30. The smallest absolute Gasteiger partial charge is 0.223 e. The lowest BCUT2D eigenvalue weighted by Crippen LogP contribution is -2.35. The normalized spacial score (nSPS) is 11.6. The molecule has 0 unspecified atom stereocenters. The molecule has 0 aliphatic heterocycles. The maximum Gasteiger partial charge on any atom is 0.223 e.